The van der Waals surface area contributed by atoms with Crippen LogP contribution in [0.3, 0.4) is 0 Å². The van der Waals surface area contributed by atoms with Gasteiger partial charge in [0.1, 0.15) is 5.82 Å². The van der Waals surface area contributed by atoms with Crippen molar-refractivity contribution in [2.75, 3.05) is 13.1 Å². The molecule has 39 heavy (non-hydrogen) atoms. The summed E-state index contributed by atoms with van der Waals surface area (Å²) >= 11 is 0. The van der Waals surface area contributed by atoms with Crippen molar-refractivity contribution in [3.63, 3.8) is 0 Å². The van der Waals surface area contributed by atoms with Crippen LogP contribution in [0, 0.1) is 23.1 Å². The van der Waals surface area contributed by atoms with Crippen molar-refractivity contribution in [2.45, 2.75) is 51.6 Å². The van der Waals surface area contributed by atoms with Crippen LogP contribution in [0.2, 0.25) is 0 Å². The van der Waals surface area contributed by atoms with Crippen LogP contribution in [-0.2, 0) is 23.8 Å². The van der Waals surface area contributed by atoms with Gasteiger partial charge >= 0.3 is 6.18 Å². The Morgan fingerprint density at radius 2 is 1.92 bits per heavy atom. The fourth-order valence-corrected chi connectivity index (χ4v) is 6.89. The van der Waals surface area contributed by atoms with Crippen LogP contribution in [0.25, 0.3) is 11.8 Å². The molecule has 0 bridgehead atoms. The van der Waals surface area contributed by atoms with E-state index in [2.05, 4.69) is 18.1 Å². The van der Waals surface area contributed by atoms with Crippen LogP contribution in [0.1, 0.15) is 55.0 Å². The van der Waals surface area contributed by atoms with Gasteiger partial charge in [-0.15, -0.1) is 0 Å². The number of nitrogens with zero attached hydrogens (tertiary/aromatic N) is 3. The van der Waals surface area contributed by atoms with E-state index in [-0.39, 0.29) is 29.0 Å². The molecule has 8 heteroatoms. The first-order chi connectivity index (χ1) is 18.6. The van der Waals surface area contributed by atoms with E-state index in [4.69, 9.17) is 0 Å². The van der Waals surface area contributed by atoms with E-state index in [9.17, 15) is 22.4 Å². The summed E-state index contributed by atoms with van der Waals surface area (Å²) in [5.41, 5.74) is 3.85. The van der Waals surface area contributed by atoms with Crippen molar-refractivity contribution >= 4 is 12.0 Å². The molecule has 1 amide bonds. The Bertz CT molecular complexity index is 1420. The zero-order chi connectivity index (χ0) is 27.4. The third-order valence-corrected chi connectivity index (χ3v) is 8.94. The molecule has 2 aliphatic carbocycles. The minimum absolute atomic E-state index is 0.140. The lowest BCUT2D eigenvalue weighted by atomic mass is 9.69. The van der Waals surface area contributed by atoms with Gasteiger partial charge in [-0.3, -0.25) is 4.79 Å². The molecule has 1 saturated heterocycles. The Hall–Kier alpha value is -3.42. The number of carbonyl (C=O) groups excluding carboxylic acids is 1. The summed E-state index contributed by atoms with van der Waals surface area (Å²) in [7, 11) is 0. The van der Waals surface area contributed by atoms with Gasteiger partial charge in [-0.25, -0.2) is 9.07 Å². The van der Waals surface area contributed by atoms with Crippen LogP contribution in [0.4, 0.5) is 17.6 Å². The highest BCUT2D eigenvalue weighted by Gasteiger charge is 2.50. The molecule has 0 spiro atoms. The number of fused-ring (bicyclic) bond motifs is 2. The maximum atomic E-state index is 13.9. The molecule has 0 radical (unpaired) electrons. The number of halogens is 4. The highest BCUT2D eigenvalue weighted by Crippen LogP contribution is 2.53. The minimum Gasteiger partial charge on any atom is -0.342 e. The smallest absolute Gasteiger partial charge is 0.342 e. The Morgan fingerprint density at radius 1 is 1.13 bits per heavy atom. The third-order valence-electron chi connectivity index (χ3n) is 8.94. The van der Waals surface area contributed by atoms with Crippen molar-refractivity contribution < 1.29 is 22.4 Å². The van der Waals surface area contributed by atoms with Gasteiger partial charge in [0.2, 0.25) is 5.91 Å². The monoisotopic (exact) mass is 537 g/mol. The van der Waals surface area contributed by atoms with Crippen LogP contribution >= 0.6 is 0 Å². The predicted molar refractivity (Wildman–Crippen MR) is 140 cm³/mol. The second-order valence-electron chi connectivity index (χ2n) is 11.5. The van der Waals surface area contributed by atoms with Crippen molar-refractivity contribution in [3.8, 4) is 5.69 Å². The molecule has 0 N–H and O–H groups in total. The molecule has 1 unspecified atom stereocenters. The van der Waals surface area contributed by atoms with Gasteiger partial charge in [-0.2, -0.15) is 18.3 Å². The molecule has 4 nitrogen and oxygen atoms in total. The summed E-state index contributed by atoms with van der Waals surface area (Å²) < 4.78 is 54.8. The maximum Gasteiger partial charge on any atom is 0.416 e. The second kappa shape index (κ2) is 9.65. The van der Waals surface area contributed by atoms with E-state index >= 15 is 0 Å². The molecular weight excluding hydrogens is 506 g/mol. The summed E-state index contributed by atoms with van der Waals surface area (Å²) in [6.07, 6.45) is 4.28. The highest BCUT2D eigenvalue weighted by atomic mass is 19.4. The molecule has 2 aromatic carbocycles. The highest BCUT2D eigenvalue weighted by molar-refractivity contribution is 5.82. The van der Waals surface area contributed by atoms with Crippen LogP contribution in [-0.4, -0.2) is 33.7 Å². The van der Waals surface area contributed by atoms with Crippen molar-refractivity contribution in [2.24, 2.45) is 17.3 Å². The molecule has 1 saturated carbocycles. The van der Waals surface area contributed by atoms with E-state index in [0.717, 1.165) is 48.7 Å². The number of carbonyl (C=O) groups is 1. The number of benzene rings is 2. The summed E-state index contributed by atoms with van der Waals surface area (Å²) in [6.45, 7) is 3.45. The first-order valence-electron chi connectivity index (χ1n) is 13.6. The summed E-state index contributed by atoms with van der Waals surface area (Å²) in [5.74, 6) is -0.137. The van der Waals surface area contributed by atoms with Crippen LogP contribution in [0.5, 0.6) is 0 Å². The van der Waals surface area contributed by atoms with Crippen LogP contribution in [0.15, 0.2) is 60.3 Å². The molecule has 3 atom stereocenters. The van der Waals surface area contributed by atoms with Crippen molar-refractivity contribution in [3.05, 3.63) is 88.5 Å². The molecule has 2 heterocycles. The average molecular weight is 538 g/mol. The minimum atomic E-state index is -4.36. The fourth-order valence-electron chi connectivity index (χ4n) is 6.89. The number of alkyl halides is 3. The number of allylic oxidation sites excluding steroid dienone is 1. The number of hydrogen-bond donors (Lipinski definition) is 0. The summed E-state index contributed by atoms with van der Waals surface area (Å²) in [5, 5.41) is 4.57. The summed E-state index contributed by atoms with van der Waals surface area (Å²) in [4.78, 5) is 15.9. The van der Waals surface area contributed by atoms with E-state index in [1.807, 2.05) is 15.8 Å². The Labute approximate surface area is 225 Å². The Balaban J connectivity index is 1.18. The molecule has 204 valence electrons. The van der Waals surface area contributed by atoms with Crippen LogP contribution < -0.4 is 0 Å². The number of hydrogen-bond acceptors (Lipinski definition) is 2. The van der Waals surface area contributed by atoms with Crippen molar-refractivity contribution in [1.82, 2.24) is 14.7 Å². The standard InChI is InChI=1S/C31H31F4N3O/c1-30-17-22-18-36-38(26-10-8-25(32)9-11-26)28(22)16-23(30)7-12-27(30)29(39)37-13-3-5-21(19-37)14-20-4-2-6-24(15-20)31(33,34)35/h2,4,6,8-11,15-16,18,21,27H,3,5,7,12-14,17,19H2,1H3/t21?,27-,30+/m1/s1. The number of aromatic nitrogens is 2. The maximum absolute atomic E-state index is 13.9. The second-order valence-corrected chi connectivity index (χ2v) is 11.5. The van der Waals surface area contributed by atoms with Gasteiger partial charge < -0.3 is 4.90 Å². The lowest BCUT2D eigenvalue weighted by molar-refractivity contribution is -0.140. The van der Waals surface area contributed by atoms with Gasteiger partial charge in [-0.05, 0) is 92.0 Å². The van der Waals surface area contributed by atoms with Gasteiger partial charge in [0.25, 0.3) is 0 Å². The third kappa shape index (κ3) is 4.79. The first kappa shape index (κ1) is 25.8. The molecular formula is C31H31F4N3O. The predicted octanol–water partition coefficient (Wildman–Crippen LogP) is 6.87. The zero-order valence-corrected chi connectivity index (χ0v) is 21.8. The SMILES string of the molecule is C[C@]12Cc3cnn(-c4ccc(F)cc4)c3C=C1CC[C@@H]2C(=O)N1CCCC(Cc2cccc(C(F)(F)F)c2)C1. The quantitative estimate of drug-likeness (QED) is 0.341. The Morgan fingerprint density at radius 3 is 2.69 bits per heavy atom. The first-order valence-corrected chi connectivity index (χ1v) is 13.6. The van der Waals surface area contributed by atoms with E-state index in [1.54, 1.807) is 18.2 Å². The number of amides is 1. The summed E-state index contributed by atoms with van der Waals surface area (Å²) in [6, 6.07) is 11.8. The molecule has 3 aliphatic rings. The lowest BCUT2D eigenvalue weighted by Crippen LogP contribution is -2.47. The van der Waals surface area contributed by atoms with Gasteiger partial charge in [-0.1, -0.05) is 30.7 Å². The fraction of sp³-hybridized carbons (Fsp3) is 0.419. The molecule has 2 fully saturated rings. The molecule has 1 aromatic heterocycles. The number of piperidine rings is 1. The average Bonchev–Trinajstić information content (AvgIpc) is 3.46. The number of rotatable bonds is 4. The zero-order valence-electron chi connectivity index (χ0n) is 21.8. The van der Waals surface area contributed by atoms with Crippen molar-refractivity contribution in [1.29, 1.82) is 0 Å². The normalized spacial score (nSPS) is 24.7. The van der Waals surface area contributed by atoms with Gasteiger partial charge in [0.15, 0.2) is 0 Å². The molecule has 6 rings (SSSR count). The van der Waals surface area contributed by atoms with E-state index < -0.39 is 11.7 Å². The van der Waals surface area contributed by atoms with E-state index in [0.29, 0.717) is 31.5 Å². The topological polar surface area (TPSA) is 38.1 Å². The molecule has 3 aromatic rings. The largest absolute Gasteiger partial charge is 0.416 e. The lowest BCUT2D eigenvalue weighted by Gasteiger charge is -2.40. The van der Waals surface area contributed by atoms with Gasteiger partial charge in [0.05, 0.1) is 23.1 Å². The Kier molecular flexibility index (Phi) is 6.39. The molecule has 1 aliphatic heterocycles. The number of likely N-dealkylation sites (tertiary alicyclic amines) is 1. The van der Waals surface area contributed by atoms with E-state index in [1.165, 1.54) is 29.8 Å². The van der Waals surface area contributed by atoms with Gasteiger partial charge in [0, 0.05) is 24.4 Å².